The molecule has 2 saturated heterocycles. The van der Waals surface area contributed by atoms with Gasteiger partial charge in [-0.1, -0.05) is 32.0 Å². The molecule has 0 amide bonds. The van der Waals surface area contributed by atoms with Crippen molar-refractivity contribution in [2.45, 2.75) is 52.1 Å². The van der Waals surface area contributed by atoms with Crippen molar-refractivity contribution in [1.29, 1.82) is 0 Å². The Bertz CT molecular complexity index is 1340. The maximum atomic E-state index is 13.3. The molecule has 4 heterocycles. The van der Waals surface area contributed by atoms with Crippen molar-refractivity contribution in [1.82, 2.24) is 15.2 Å². The molecule has 3 aromatic rings. The van der Waals surface area contributed by atoms with Gasteiger partial charge in [0.1, 0.15) is 0 Å². The number of fused-ring (bicyclic) bond motifs is 1. The van der Waals surface area contributed by atoms with Crippen LogP contribution < -0.4 is 10.2 Å². The highest BCUT2D eigenvalue weighted by Crippen LogP contribution is 2.49. The first-order chi connectivity index (χ1) is 18.9. The van der Waals surface area contributed by atoms with Crippen molar-refractivity contribution < 1.29 is 9.53 Å². The van der Waals surface area contributed by atoms with Gasteiger partial charge in [0.25, 0.3) is 0 Å². The highest BCUT2D eigenvalue weighted by atomic mass is 32.1. The summed E-state index contributed by atoms with van der Waals surface area (Å²) in [6.45, 7) is 10.8. The number of likely N-dealkylation sites (tertiary alicyclic amines) is 1. The number of morpholine rings is 1. The Kier molecular flexibility index (Phi) is 7.60. The van der Waals surface area contributed by atoms with E-state index in [9.17, 15) is 4.79 Å². The smallest absolute Gasteiger partial charge is 0.173 e. The highest BCUT2D eigenvalue weighted by molar-refractivity contribution is 7.19. The van der Waals surface area contributed by atoms with Crippen molar-refractivity contribution in [2.24, 2.45) is 5.41 Å². The summed E-state index contributed by atoms with van der Waals surface area (Å²) in [5.74, 6) is 0.285. The molecule has 1 aromatic carbocycles. The van der Waals surface area contributed by atoms with Gasteiger partial charge in [-0.2, -0.15) is 0 Å². The van der Waals surface area contributed by atoms with E-state index in [-0.39, 0.29) is 11.2 Å². The second kappa shape index (κ2) is 11.1. The maximum absolute atomic E-state index is 13.3. The lowest BCUT2D eigenvalue weighted by atomic mass is 9.75. The number of pyridine rings is 1. The van der Waals surface area contributed by atoms with Crippen molar-refractivity contribution in [3.05, 3.63) is 58.6 Å². The average molecular weight is 545 g/mol. The standard InChI is InChI=1S/C32H40N4O2S/c1-32(2)19-26-29(31(36-13-15-38-16-14-36)39-30(26)28(37)20-32)24-7-10-34-27(18-24)23-6-4-5-22(17-23)21-35-11-8-25(33-3)9-12-35/h4-7,10,17-18,25,33H,8-9,11-16,19-21H2,1-3H3. The first-order valence-corrected chi connectivity index (χ1v) is 15.2. The van der Waals surface area contributed by atoms with Crippen LogP contribution >= 0.6 is 11.3 Å². The summed E-state index contributed by atoms with van der Waals surface area (Å²) in [5, 5.41) is 4.64. The van der Waals surface area contributed by atoms with Gasteiger partial charge in [0.2, 0.25) is 0 Å². The van der Waals surface area contributed by atoms with Crippen molar-refractivity contribution >= 4 is 22.1 Å². The summed E-state index contributed by atoms with van der Waals surface area (Å²) in [6, 6.07) is 13.9. The zero-order valence-electron chi connectivity index (χ0n) is 23.5. The molecule has 0 bridgehead atoms. The van der Waals surface area contributed by atoms with E-state index >= 15 is 0 Å². The van der Waals surface area contributed by atoms with Gasteiger partial charge in [0.15, 0.2) is 5.78 Å². The molecule has 1 aliphatic carbocycles. The first-order valence-electron chi connectivity index (χ1n) is 14.4. The van der Waals surface area contributed by atoms with Crippen LogP contribution in [0.2, 0.25) is 0 Å². The fourth-order valence-corrected chi connectivity index (χ4v) is 7.73. The Balaban J connectivity index is 1.34. The van der Waals surface area contributed by atoms with Gasteiger partial charge in [-0.05, 0) is 79.7 Å². The maximum Gasteiger partial charge on any atom is 0.173 e. The number of aromatic nitrogens is 1. The summed E-state index contributed by atoms with van der Waals surface area (Å²) in [4.78, 5) is 24.0. The molecule has 1 N–H and O–H groups in total. The number of benzene rings is 1. The lowest BCUT2D eigenvalue weighted by molar-refractivity contribution is 0.0918. The van der Waals surface area contributed by atoms with Gasteiger partial charge in [-0.3, -0.25) is 14.7 Å². The molecule has 0 saturated carbocycles. The van der Waals surface area contributed by atoms with Crippen LogP contribution in [0, 0.1) is 5.41 Å². The van der Waals surface area contributed by atoms with Gasteiger partial charge in [-0.15, -0.1) is 11.3 Å². The number of Topliss-reactive ketones (excluding diaryl/α,β-unsaturated/α-hetero) is 1. The van der Waals surface area contributed by atoms with E-state index in [4.69, 9.17) is 9.72 Å². The number of anilines is 1. The molecule has 7 heteroatoms. The number of ether oxygens (including phenoxy) is 1. The van der Waals surface area contributed by atoms with Crippen molar-refractivity contribution in [3.63, 3.8) is 0 Å². The summed E-state index contributed by atoms with van der Waals surface area (Å²) < 4.78 is 5.66. The third kappa shape index (κ3) is 5.68. The van der Waals surface area contributed by atoms with E-state index in [1.807, 2.05) is 6.20 Å². The largest absolute Gasteiger partial charge is 0.378 e. The van der Waals surface area contributed by atoms with Gasteiger partial charge in [0, 0.05) is 49.4 Å². The molecule has 6 nitrogen and oxygen atoms in total. The van der Waals surface area contributed by atoms with Gasteiger partial charge < -0.3 is 15.0 Å². The fourth-order valence-electron chi connectivity index (χ4n) is 6.40. The van der Waals surface area contributed by atoms with Crippen LogP contribution in [-0.2, 0) is 17.7 Å². The second-order valence-corrected chi connectivity index (χ2v) is 13.1. The molecular formula is C32H40N4O2S. The molecule has 206 valence electrons. The lowest BCUT2D eigenvalue weighted by Gasteiger charge is -2.31. The van der Waals surface area contributed by atoms with Crippen LogP contribution in [0.4, 0.5) is 5.00 Å². The van der Waals surface area contributed by atoms with Crippen LogP contribution in [0.15, 0.2) is 42.6 Å². The number of nitrogens with zero attached hydrogens (tertiary/aromatic N) is 3. The molecular weight excluding hydrogens is 504 g/mol. The van der Waals surface area contributed by atoms with E-state index in [1.165, 1.54) is 34.5 Å². The molecule has 2 aromatic heterocycles. The predicted octanol–water partition coefficient (Wildman–Crippen LogP) is 5.65. The van der Waals surface area contributed by atoms with E-state index in [1.54, 1.807) is 11.3 Å². The van der Waals surface area contributed by atoms with Crippen LogP contribution in [0.1, 0.15) is 53.9 Å². The molecule has 3 aliphatic rings. The van der Waals surface area contributed by atoms with Crippen LogP contribution in [0.3, 0.4) is 0 Å². The van der Waals surface area contributed by atoms with Gasteiger partial charge in [0.05, 0.1) is 28.8 Å². The number of piperidine rings is 1. The predicted molar refractivity (Wildman–Crippen MR) is 160 cm³/mol. The SMILES string of the molecule is CNC1CCN(Cc2cccc(-c3cc(-c4c(N5CCOCC5)sc5c4CC(C)(C)CC5=O)ccn3)c2)CC1. The number of rotatable bonds is 6. The topological polar surface area (TPSA) is 57.7 Å². The molecule has 0 unspecified atom stereocenters. The minimum absolute atomic E-state index is 0.0337. The summed E-state index contributed by atoms with van der Waals surface area (Å²) in [5.41, 5.74) is 7.03. The number of ketones is 1. The zero-order chi connectivity index (χ0) is 27.0. The Hall–Kier alpha value is -2.58. The number of hydrogen-bond acceptors (Lipinski definition) is 7. The minimum Gasteiger partial charge on any atom is -0.378 e. The molecule has 6 rings (SSSR count). The number of nitrogens with one attached hydrogen (secondary N) is 1. The van der Waals surface area contributed by atoms with Gasteiger partial charge >= 0.3 is 0 Å². The molecule has 0 spiro atoms. The normalized spacial score (nSPS) is 20.3. The van der Waals surface area contributed by atoms with Crippen molar-refractivity contribution in [3.8, 4) is 22.4 Å². The highest BCUT2D eigenvalue weighted by Gasteiger charge is 2.37. The number of carbonyl (C=O) groups is 1. The Morgan fingerprint density at radius 2 is 1.85 bits per heavy atom. The molecule has 2 fully saturated rings. The first kappa shape index (κ1) is 26.6. The fraction of sp³-hybridized carbons (Fsp3) is 0.500. The molecule has 0 radical (unpaired) electrons. The van der Waals surface area contributed by atoms with Crippen molar-refractivity contribution in [2.75, 3.05) is 51.3 Å². The van der Waals surface area contributed by atoms with E-state index in [0.717, 1.165) is 74.1 Å². The molecule has 39 heavy (non-hydrogen) atoms. The monoisotopic (exact) mass is 544 g/mol. The number of carbonyl (C=O) groups excluding carboxylic acids is 1. The quantitative estimate of drug-likeness (QED) is 0.433. The Morgan fingerprint density at radius 3 is 2.62 bits per heavy atom. The molecule has 2 aliphatic heterocycles. The van der Waals surface area contributed by atoms with Crippen LogP contribution in [0.25, 0.3) is 22.4 Å². The van der Waals surface area contributed by atoms with E-state index in [2.05, 4.69) is 72.4 Å². The second-order valence-electron chi connectivity index (χ2n) is 12.1. The summed E-state index contributed by atoms with van der Waals surface area (Å²) in [7, 11) is 2.07. The van der Waals surface area contributed by atoms with E-state index < -0.39 is 0 Å². The van der Waals surface area contributed by atoms with Gasteiger partial charge in [-0.25, -0.2) is 0 Å². The Morgan fingerprint density at radius 1 is 1.05 bits per heavy atom. The Labute approximate surface area is 236 Å². The minimum atomic E-state index is -0.0337. The number of hydrogen-bond donors (Lipinski definition) is 1. The summed E-state index contributed by atoms with van der Waals surface area (Å²) >= 11 is 1.69. The third-order valence-corrected chi connectivity index (χ3v) is 9.84. The van der Waals surface area contributed by atoms with E-state index in [0.29, 0.717) is 12.5 Å². The van der Waals surface area contributed by atoms with Crippen LogP contribution in [0.5, 0.6) is 0 Å². The zero-order valence-corrected chi connectivity index (χ0v) is 24.3. The third-order valence-electron chi connectivity index (χ3n) is 8.51. The average Bonchev–Trinajstić information content (AvgIpc) is 3.33. The number of thiophene rings is 1. The lowest BCUT2D eigenvalue weighted by Crippen LogP contribution is -2.40. The molecule has 0 atom stereocenters. The van der Waals surface area contributed by atoms with Crippen LogP contribution in [-0.4, -0.2) is 68.1 Å². The summed E-state index contributed by atoms with van der Waals surface area (Å²) in [6.07, 6.45) is 5.87.